The molecule has 0 aromatic carbocycles. The number of carbonyl (C=O) groups excluding carboxylic acids is 3. The molecule has 3 amide bonds. The normalized spacial score (nSPS) is 23.1. The number of imide groups is 1. The Balaban J connectivity index is 2.07. The third-order valence-electron chi connectivity index (χ3n) is 2.97. The number of allylic oxidation sites excluding steroid dienone is 3. The van der Waals surface area contributed by atoms with Gasteiger partial charge in [-0.2, -0.15) is 0 Å². The first-order valence-electron chi connectivity index (χ1n) is 6.12. The van der Waals surface area contributed by atoms with Crippen molar-refractivity contribution in [2.75, 3.05) is 0 Å². The zero-order valence-electron chi connectivity index (χ0n) is 10.6. The zero-order valence-corrected chi connectivity index (χ0v) is 10.6. The lowest BCUT2D eigenvalue weighted by molar-refractivity contribution is -0.136. The van der Waals surface area contributed by atoms with E-state index in [9.17, 15) is 18.8 Å². The Kier molecular flexibility index (Phi) is 3.97. The van der Waals surface area contributed by atoms with Crippen LogP contribution in [-0.2, 0) is 14.4 Å². The molecule has 1 fully saturated rings. The van der Waals surface area contributed by atoms with Crippen molar-refractivity contribution in [2.24, 2.45) is 5.73 Å². The molecule has 4 N–H and O–H groups in total. The minimum Gasteiger partial charge on any atom is -0.402 e. The predicted octanol–water partition coefficient (Wildman–Crippen LogP) is -0.0661. The maximum atomic E-state index is 13.4. The third kappa shape index (κ3) is 3.31. The van der Waals surface area contributed by atoms with Crippen molar-refractivity contribution in [3.8, 4) is 0 Å². The minimum atomic E-state index is -0.790. The molecule has 0 bridgehead atoms. The highest BCUT2D eigenvalue weighted by Crippen LogP contribution is 2.16. The van der Waals surface area contributed by atoms with Crippen molar-refractivity contribution in [2.45, 2.75) is 25.3 Å². The smallest absolute Gasteiger partial charge is 0.252 e. The van der Waals surface area contributed by atoms with E-state index in [0.29, 0.717) is 5.70 Å². The van der Waals surface area contributed by atoms with Crippen LogP contribution in [0.3, 0.4) is 0 Å². The van der Waals surface area contributed by atoms with E-state index in [1.165, 1.54) is 12.2 Å². The van der Waals surface area contributed by atoms with E-state index in [-0.39, 0.29) is 30.7 Å². The highest BCUT2D eigenvalue weighted by atomic mass is 19.1. The standard InChI is InChI=1S/C13H14FN3O3/c14-8-5-7(1-2-9(15)6-8)12(19)16-10-3-4-11(18)17-13(10)20/h1-2,5,10H,3-4,6,15H2,(H,16,19)(H,17,18,20)/t10-/m1/s1. The molecule has 0 unspecified atom stereocenters. The van der Waals surface area contributed by atoms with Crippen LogP contribution in [0.1, 0.15) is 19.3 Å². The average molecular weight is 279 g/mol. The van der Waals surface area contributed by atoms with Crippen LogP contribution in [0.15, 0.2) is 35.3 Å². The summed E-state index contributed by atoms with van der Waals surface area (Å²) in [7, 11) is 0. The summed E-state index contributed by atoms with van der Waals surface area (Å²) in [6.45, 7) is 0. The van der Waals surface area contributed by atoms with Gasteiger partial charge in [0.25, 0.3) is 5.91 Å². The van der Waals surface area contributed by atoms with Gasteiger partial charge in [0.05, 0.1) is 0 Å². The van der Waals surface area contributed by atoms with E-state index < -0.39 is 23.7 Å². The van der Waals surface area contributed by atoms with Crippen LogP contribution in [-0.4, -0.2) is 23.8 Å². The molecule has 7 heteroatoms. The van der Waals surface area contributed by atoms with Gasteiger partial charge in [0.1, 0.15) is 11.9 Å². The molecule has 1 atom stereocenters. The minimum absolute atomic E-state index is 0.0499. The van der Waals surface area contributed by atoms with Gasteiger partial charge in [-0.1, -0.05) is 0 Å². The Morgan fingerprint density at radius 2 is 2.15 bits per heavy atom. The van der Waals surface area contributed by atoms with E-state index in [1.54, 1.807) is 0 Å². The van der Waals surface area contributed by atoms with E-state index in [0.717, 1.165) is 6.08 Å². The second kappa shape index (κ2) is 5.68. The fourth-order valence-electron chi connectivity index (χ4n) is 1.93. The molecule has 106 valence electrons. The summed E-state index contributed by atoms with van der Waals surface area (Å²) in [4.78, 5) is 34.5. The Hall–Kier alpha value is -2.44. The van der Waals surface area contributed by atoms with Crippen LogP contribution < -0.4 is 16.4 Å². The second-order valence-corrected chi connectivity index (χ2v) is 4.61. The molecular weight excluding hydrogens is 265 g/mol. The quantitative estimate of drug-likeness (QED) is 0.616. The number of rotatable bonds is 2. The number of carbonyl (C=O) groups is 3. The summed E-state index contributed by atoms with van der Waals surface area (Å²) < 4.78 is 13.4. The lowest BCUT2D eigenvalue weighted by Gasteiger charge is -2.21. The van der Waals surface area contributed by atoms with E-state index >= 15 is 0 Å². The van der Waals surface area contributed by atoms with Gasteiger partial charge in [-0.15, -0.1) is 0 Å². The molecular formula is C13H14FN3O3. The van der Waals surface area contributed by atoms with Gasteiger partial charge in [0, 0.05) is 24.1 Å². The first-order chi connectivity index (χ1) is 9.45. The first kappa shape index (κ1) is 14.0. The molecule has 6 nitrogen and oxygen atoms in total. The number of hydrogen-bond acceptors (Lipinski definition) is 4. The first-order valence-corrected chi connectivity index (χ1v) is 6.12. The number of amides is 3. The molecule has 0 saturated carbocycles. The van der Waals surface area contributed by atoms with E-state index in [1.807, 2.05) is 0 Å². The molecule has 1 heterocycles. The SMILES string of the molecule is NC1=CC=C(C(=O)N[C@@H]2CCC(=O)NC2=O)C=C(F)C1. The summed E-state index contributed by atoms with van der Waals surface area (Å²) >= 11 is 0. The van der Waals surface area contributed by atoms with Crippen LogP contribution in [0.2, 0.25) is 0 Å². The largest absolute Gasteiger partial charge is 0.402 e. The van der Waals surface area contributed by atoms with Gasteiger partial charge in [-0.05, 0) is 24.6 Å². The van der Waals surface area contributed by atoms with Gasteiger partial charge in [0.15, 0.2) is 0 Å². The van der Waals surface area contributed by atoms with Gasteiger partial charge in [0.2, 0.25) is 11.8 Å². The highest BCUT2D eigenvalue weighted by molar-refractivity contribution is 6.04. The Labute approximate surface area is 114 Å². The van der Waals surface area contributed by atoms with Gasteiger partial charge in [-0.3, -0.25) is 19.7 Å². The number of hydrogen-bond donors (Lipinski definition) is 3. The van der Waals surface area contributed by atoms with E-state index in [2.05, 4.69) is 10.6 Å². The molecule has 20 heavy (non-hydrogen) atoms. The maximum absolute atomic E-state index is 13.4. The summed E-state index contributed by atoms with van der Waals surface area (Å²) in [5.41, 5.74) is 5.90. The second-order valence-electron chi connectivity index (χ2n) is 4.61. The van der Waals surface area contributed by atoms with Crippen molar-refractivity contribution in [3.63, 3.8) is 0 Å². The fraction of sp³-hybridized carbons (Fsp3) is 0.308. The van der Waals surface area contributed by atoms with Gasteiger partial charge < -0.3 is 11.1 Å². The van der Waals surface area contributed by atoms with Gasteiger partial charge in [-0.25, -0.2) is 4.39 Å². The number of halogens is 1. The number of nitrogens with one attached hydrogen (secondary N) is 2. The van der Waals surface area contributed by atoms with Crippen molar-refractivity contribution in [1.82, 2.24) is 10.6 Å². The fourth-order valence-corrected chi connectivity index (χ4v) is 1.93. The molecule has 0 radical (unpaired) electrons. The Morgan fingerprint density at radius 1 is 1.40 bits per heavy atom. The van der Waals surface area contributed by atoms with Crippen LogP contribution in [0, 0.1) is 0 Å². The van der Waals surface area contributed by atoms with Crippen LogP contribution in [0.5, 0.6) is 0 Å². The monoisotopic (exact) mass is 279 g/mol. The summed E-state index contributed by atoms with van der Waals surface area (Å²) in [6.07, 6.45) is 4.26. The van der Waals surface area contributed by atoms with Crippen LogP contribution in [0.25, 0.3) is 0 Å². The summed E-state index contributed by atoms with van der Waals surface area (Å²) in [5, 5.41) is 4.60. The van der Waals surface area contributed by atoms with Crippen LogP contribution >= 0.6 is 0 Å². The number of piperidine rings is 1. The molecule has 2 rings (SSSR count). The van der Waals surface area contributed by atoms with Crippen LogP contribution in [0.4, 0.5) is 4.39 Å². The topological polar surface area (TPSA) is 101 Å². The Bertz CT molecular complexity index is 563. The van der Waals surface area contributed by atoms with E-state index in [4.69, 9.17) is 5.73 Å². The summed E-state index contributed by atoms with van der Waals surface area (Å²) in [6, 6.07) is -0.790. The van der Waals surface area contributed by atoms with Crippen molar-refractivity contribution in [3.05, 3.63) is 35.3 Å². The lowest BCUT2D eigenvalue weighted by atomic mass is 10.1. The van der Waals surface area contributed by atoms with Crippen molar-refractivity contribution in [1.29, 1.82) is 0 Å². The number of nitrogens with two attached hydrogens (primary N) is 1. The molecule has 1 aliphatic carbocycles. The lowest BCUT2D eigenvalue weighted by Crippen LogP contribution is -2.52. The third-order valence-corrected chi connectivity index (χ3v) is 2.97. The average Bonchev–Trinajstić information content (AvgIpc) is 2.53. The highest BCUT2D eigenvalue weighted by Gasteiger charge is 2.28. The molecule has 1 aliphatic heterocycles. The van der Waals surface area contributed by atoms with Crippen molar-refractivity contribution < 1.29 is 18.8 Å². The summed E-state index contributed by atoms with van der Waals surface area (Å²) in [5.74, 6) is -2.03. The predicted molar refractivity (Wildman–Crippen MR) is 68.5 cm³/mol. The molecule has 1 saturated heterocycles. The van der Waals surface area contributed by atoms with Crippen molar-refractivity contribution >= 4 is 17.7 Å². The molecule has 0 spiro atoms. The molecule has 0 aromatic heterocycles. The molecule has 0 aromatic rings. The zero-order chi connectivity index (χ0) is 14.7. The van der Waals surface area contributed by atoms with Gasteiger partial charge >= 0.3 is 0 Å². The maximum Gasteiger partial charge on any atom is 0.252 e. The Morgan fingerprint density at radius 3 is 2.85 bits per heavy atom. The molecule has 2 aliphatic rings.